The summed E-state index contributed by atoms with van der Waals surface area (Å²) < 4.78 is 26.8. The van der Waals surface area contributed by atoms with Gasteiger partial charge in [0.2, 0.25) is 0 Å². The van der Waals surface area contributed by atoms with Gasteiger partial charge in [0.1, 0.15) is 0 Å². The molecule has 102 valence electrons. The highest BCUT2D eigenvalue weighted by molar-refractivity contribution is 7.80. The summed E-state index contributed by atoms with van der Waals surface area (Å²) in [5.41, 5.74) is 5.17. The molecule has 0 heterocycles. The smallest absolute Gasteiger partial charge is 0.257 e. The Morgan fingerprint density at radius 1 is 1.42 bits per heavy atom. The Morgan fingerprint density at radius 3 is 2.68 bits per heavy atom. The van der Waals surface area contributed by atoms with E-state index in [1.165, 1.54) is 17.0 Å². The van der Waals surface area contributed by atoms with Crippen LogP contribution in [0, 0.1) is 11.6 Å². The zero-order valence-electron chi connectivity index (χ0n) is 10.2. The molecule has 0 radical (unpaired) electrons. The standard InChI is InChI=1S/C13H14F2N2OS/c14-10-3-1-2-9(12(10)15)13(18)17(8-4-5-8)7-6-11(16)19/h1-3,8H,4-7H2,(H2,16,19). The van der Waals surface area contributed by atoms with Gasteiger partial charge in [-0.3, -0.25) is 4.79 Å². The van der Waals surface area contributed by atoms with E-state index >= 15 is 0 Å². The van der Waals surface area contributed by atoms with Gasteiger partial charge in [-0.1, -0.05) is 18.3 Å². The van der Waals surface area contributed by atoms with Crippen molar-refractivity contribution in [3.8, 4) is 0 Å². The van der Waals surface area contributed by atoms with Crippen LogP contribution in [0.1, 0.15) is 29.6 Å². The van der Waals surface area contributed by atoms with Crippen molar-refractivity contribution >= 4 is 23.1 Å². The van der Waals surface area contributed by atoms with Crippen LogP contribution >= 0.6 is 12.2 Å². The molecule has 2 rings (SSSR count). The molecule has 1 aromatic rings. The van der Waals surface area contributed by atoms with E-state index in [1.54, 1.807) is 0 Å². The molecular weight excluding hydrogens is 270 g/mol. The molecule has 1 amide bonds. The van der Waals surface area contributed by atoms with E-state index in [2.05, 4.69) is 0 Å². The monoisotopic (exact) mass is 284 g/mol. The van der Waals surface area contributed by atoms with E-state index in [-0.39, 0.29) is 11.6 Å². The summed E-state index contributed by atoms with van der Waals surface area (Å²) in [6.07, 6.45) is 2.13. The molecule has 2 N–H and O–H groups in total. The largest absolute Gasteiger partial charge is 0.393 e. The van der Waals surface area contributed by atoms with Crippen LogP contribution in [0.3, 0.4) is 0 Å². The molecule has 1 saturated carbocycles. The molecule has 0 unspecified atom stereocenters. The van der Waals surface area contributed by atoms with E-state index in [1.807, 2.05) is 0 Å². The van der Waals surface area contributed by atoms with Crippen LogP contribution in [0.5, 0.6) is 0 Å². The Labute approximate surface area is 115 Å². The summed E-state index contributed by atoms with van der Waals surface area (Å²) >= 11 is 4.78. The molecule has 1 aliphatic carbocycles. The predicted molar refractivity (Wildman–Crippen MR) is 71.8 cm³/mol. The minimum Gasteiger partial charge on any atom is -0.393 e. The van der Waals surface area contributed by atoms with Gasteiger partial charge in [-0.25, -0.2) is 8.78 Å². The molecule has 0 aromatic heterocycles. The van der Waals surface area contributed by atoms with Crippen molar-refractivity contribution < 1.29 is 13.6 Å². The van der Waals surface area contributed by atoms with Crippen molar-refractivity contribution in [2.75, 3.05) is 6.54 Å². The van der Waals surface area contributed by atoms with Crippen molar-refractivity contribution in [1.29, 1.82) is 0 Å². The minimum atomic E-state index is -1.10. The molecule has 0 aliphatic heterocycles. The van der Waals surface area contributed by atoms with Gasteiger partial charge in [0, 0.05) is 19.0 Å². The van der Waals surface area contributed by atoms with Crippen LogP contribution in [0.2, 0.25) is 0 Å². The molecule has 1 aromatic carbocycles. The van der Waals surface area contributed by atoms with E-state index < -0.39 is 17.5 Å². The van der Waals surface area contributed by atoms with Gasteiger partial charge in [-0.2, -0.15) is 0 Å². The van der Waals surface area contributed by atoms with E-state index in [9.17, 15) is 13.6 Å². The Morgan fingerprint density at radius 2 is 2.11 bits per heavy atom. The van der Waals surface area contributed by atoms with Gasteiger partial charge in [0.15, 0.2) is 11.6 Å². The van der Waals surface area contributed by atoms with Crippen LogP contribution in [-0.2, 0) is 0 Å². The topological polar surface area (TPSA) is 46.3 Å². The highest BCUT2D eigenvalue weighted by Crippen LogP contribution is 2.29. The lowest BCUT2D eigenvalue weighted by Crippen LogP contribution is -2.36. The molecule has 1 aliphatic rings. The fourth-order valence-corrected chi connectivity index (χ4v) is 1.98. The number of hydrogen-bond donors (Lipinski definition) is 1. The number of rotatable bonds is 5. The van der Waals surface area contributed by atoms with E-state index in [0.717, 1.165) is 18.9 Å². The second-order valence-corrected chi connectivity index (χ2v) is 5.07. The van der Waals surface area contributed by atoms with E-state index in [4.69, 9.17) is 18.0 Å². The number of halogens is 2. The number of nitrogens with two attached hydrogens (primary N) is 1. The van der Waals surface area contributed by atoms with Gasteiger partial charge in [-0.15, -0.1) is 0 Å². The maximum absolute atomic E-state index is 13.6. The minimum absolute atomic E-state index is 0.0875. The Hall–Kier alpha value is -1.56. The molecule has 0 saturated heterocycles. The average molecular weight is 284 g/mol. The lowest BCUT2D eigenvalue weighted by Gasteiger charge is -2.22. The molecule has 3 nitrogen and oxygen atoms in total. The zero-order valence-corrected chi connectivity index (χ0v) is 11.1. The number of nitrogens with zero attached hydrogens (tertiary/aromatic N) is 1. The number of hydrogen-bond acceptors (Lipinski definition) is 2. The van der Waals surface area contributed by atoms with Crippen molar-refractivity contribution in [2.24, 2.45) is 5.73 Å². The van der Waals surface area contributed by atoms with Crippen LogP contribution < -0.4 is 5.73 Å². The maximum Gasteiger partial charge on any atom is 0.257 e. The highest BCUT2D eigenvalue weighted by atomic mass is 32.1. The van der Waals surface area contributed by atoms with E-state index in [0.29, 0.717) is 18.0 Å². The third-order valence-electron chi connectivity index (χ3n) is 3.03. The SMILES string of the molecule is NC(=S)CCN(C(=O)c1cccc(F)c1F)C1CC1. The fourth-order valence-electron chi connectivity index (χ4n) is 1.89. The van der Waals surface area contributed by atoms with Gasteiger partial charge in [-0.05, 0) is 25.0 Å². The molecular formula is C13H14F2N2OS. The van der Waals surface area contributed by atoms with Crippen LogP contribution in [0.15, 0.2) is 18.2 Å². The van der Waals surface area contributed by atoms with Crippen LogP contribution in [0.25, 0.3) is 0 Å². The molecule has 6 heteroatoms. The van der Waals surface area contributed by atoms with Crippen molar-refractivity contribution in [3.05, 3.63) is 35.4 Å². The molecule has 0 atom stereocenters. The van der Waals surface area contributed by atoms with Crippen molar-refractivity contribution in [3.63, 3.8) is 0 Å². The summed E-state index contributed by atoms with van der Waals surface area (Å²) in [6, 6.07) is 3.69. The van der Waals surface area contributed by atoms with Crippen molar-refractivity contribution in [1.82, 2.24) is 4.90 Å². The third-order valence-corrected chi connectivity index (χ3v) is 3.23. The third kappa shape index (κ3) is 3.26. The average Bonchev–Trinajstić information content (AvgIpc) is 3.17. The number of amides is 1. The number of carbonyl (C=O) groups is 1. The molecule has 0 spiro atoms. The second kappa shape index (κ2) is 5.61. The summed E-state index contributed by atoms with van der Waals surface area (Å²) in [5.74, 6) is -2.62. The fraction of sp³-hybridized carbons (Fsp3) is 0.385. The summed E-state index contributed by atoms with van der Waals surface area (Å²) in [6.45, 7) is 0.342. The first-order valence-corrected chi connectivity index (χ1v) is 6.45. The van der Waals surface area contributed by atoms with Gasteiger partial charge < -0.3 is 10.6 Å². The molecule has 19 heavy (non-hydrogen) atoms. The second-order valence-electron chi connectivity index (χ2n) is 4.55. The van der Waals surface area contributed by atoms with Gasteiger partial charge in [0.25, 0.3) is 5.91 Å². The normalized spacial score (nSPS) is 14.2. The number of carbonyl (C=O) groups excluding carboxylic acids is 1. The quantitative estimate of drug-likeness (QED) is 0.844. The first-order chi connectivity index (χ1) is 9.00. The lowest BCUT2D eigenvalue weighted by atomic mass is 10.1. The highest BCUT2D eigenvalue weighted by Gasteiger charge is 2.34. The van der Waals surface area contributed by atoms with Gasteiger partial charge >= 0.3 is 0 Å². The number of thiocarbonyl (C=S) groups is 1. The number of benzene rings is 1. The predicted octanol–water partition coefficient (Wildman–Crippen LogP) is 2.25. The Kier molecular flexibility index (Phi) is 4.09. The Balaban J connectivity index is 2.19. The Bertz CT molecular complexity index is 517. The summed E-state index contributed by atoms with van der Waals surface area (Å²) in [5, 5.41) is 0. The lowest BCUT2D eigenvalue weighted by molar-refractivity contribution is 0.0742. The summed E-state index contributed by atoms with van der Waals surface area (Å²) in [7, 11) is 0. The maximum atomic E-state index is 13.6. The first-order valence-electron chi connectivity index (χ1n) is 6.04. The van der Waals surface area contributed by atoms with Crippen LogP contribution in [0.4, 0.5) is 8.78 Å². The zero-order chi connectivity index (χ0) is 14.0. The first kappa shape index (κ1) is 13.9. The van der Waals surface area contributed by atoms with Crippen LogP contribution in [-0.4, -0.2) is 28.4 Å². The summed E-state index contributed by atoms with van der Waals surface area (Å²) in [4.78, 5) is 14.1. The molecule has 1 fully saturated rings. The van der Waals surface area contributed by atoms with Crippen molar-refractivity contribution in [2.45, 2.75) is 25.3 Å². The van der Waals surface area contributed by atoms with Gasteiger partial charge in [0.05, 0.1) is 10.6 Å². The molecule has 0 bridgehead atoms.